The van der Waals surface area contributed by atoms with Crippen molar-refractivity contribution >= 4 is 12.0 Å². The van der Waals surface area contributed by atoms with Gasteiger partial charge in [-0.05, 0) is 32.1 Å². The van der Waals surface area contributed by atoms with E-state index in [2.05, 4.69) is 5.92 Å². The van der Waals surface area contributed by atoms with Gasteiger partial charge in [-0.15, -0.1) is 6.42 Å². The number of likely N-dealkylation sites (tertiary alicyclic amines) is 1. The Morgan fingerprint density at radius 2 is 2.26 bits per heavy atom. The molecule has 0 spiro atoms. The Labute approximate surface area is 114 Å². The molecule has 19 heavy (non-hydrogen) atoms. The van der Waals surface area contributed by atoms with E-state index in [1.165, 1.54) is 0 Å². The van der Waals surface area contributed by atoms with Crippen LogP contribution in [0.2, 0.25) is 0 Å². The predicted molar refractivity (Wildman–Crippen MR) is 72.6 cm³/mol. The van der Waals surface area contributed by atoms with E-state index in [1.54, 1.807) is 9.80 Å². The number of aliphatic carboxylic acids is 1. The number of carbonyl (C=O) groups is 2. The first-order valence-electron chi connectivity index (χ1n) is 6.77. The topological polar surface area (TPSA) is 60.9 Å². The monoisotopic (exact) mass is 266 g/mol. The van der Waals surface area contributed by atoms with Crippen LogP contribution in [-0.4, -0.2) is 53.1 Å². The molecule has 0 aromatic rings. The zero-order valence-corrected chi connectivity index (χ0v) is 11.5. The second-order valence-electron chi connectivity index (χ2n) is 4.89. The summed E-state index contributed by atoms with van der Waals surface area (Å²) in [6, 6.07) is -0.0273. The maximum atomic E-state index is 12.2. The van der Waals surface area contributed by atoms with Gasteiger partial charge >= 0.3 is 12.0 Å². The fourth-order valence-corrected chi connectivity index (χ4v) is 2.43. The number of carbonyl (C=O) groups excluding carboxylic acids is 1. The van der Waals surface area contributed by atoms with Crippen molar-refractivity contribution < 1.29 is 14.7 Å². The molecule has 0 bridgehead atoms. The van der Waals surface area contributed by atoms with E-state index in [9.17, 15) is 9.59 Å². The van der Waals surface area contributed by atoms with Gasteiger partial charge < -0.3 is 14.9 Å². The number of hydrogen-bond acceptors (Lipinski definition) is 2. The normalized spacial score (nSPS) is 18.7. The predicted octanol–water partition coefficient (Wildman–Crippen LogP) is 1.64. The van der Waals surface area contributed by atoms with Gasteiger partial charge in [0, 0.05) is 26.1 Å². The fourth-order valence-electron chi connectivity index (χ4n) is 2.43. The second kappa shape index (κ2) is 7.67. The lowest BCUT2D eigenvalue weighted by molar-refractivity contribution is -0.137. The summed E-state index contributed by atoms with van der Waals surface area (Å²) in [6.07, 6.45) is 8.00. The third-order valence-corrected chi connectivity index (χ3v) is 3.49. The Kier molecular flexibility index (Phi) is 6.20. The average Bonchev–Trinajstić information content (AvgIpc) is 2.42. The van der Waals surface area contributed by atoms with Crippen molar-refractivity contribution in [3.63, 3.8) is 0 Å². The van der Waals surface area contributed by atoms with Crippen LogP contribution in [-0.2, 0) is 4.79 Å². The Morgan fingerprint density at radius 1 is 1.53 bits per heavy atom. The molecule has 1 unspecified atom stereocenters. The Bertz CT molecular complexity index is 362. The minimum absolute atomic E-state index is 0.0273. The number of carboxylic acids is 1. The highest BCUT2D eigenvalue weighted by molar-refractivity contribution is 5.74. The highest BCUT2D eigenvalue weighted by atomic mass is 16.4. The van der Waals surface area contributed by atoms with Crippen molar-refractivity contribution in [2.75, 3.05) is 26.2 Å². The maximum absolute atomic E-state index is 12.2. The number of terminal acetylenes is 1. The third-order valence-electron chi connectivity index (χ3n) is 3.49. The van der Waals surface area contributed by atoms with Crippen LogP contribution < -0.4 is 0 Å². The molecule has 1 aliphatic heterocycles. The number of piperidine rings is 1. The lowest BCUT2D eigenvalue weighted by Gasteiger charge is -2.35. The standard InChI is InChI=1S/C14H22N2O3/c1-3-9-15(4-2)14(19)16-10-5-6-12(11-16)7-8-13(17)18/h1,12H,4-11H2,2H3,(H,17,18). The first-order chi connectivity index (χ1) is 9.08. The summed E-state index contributed by atoms with van der Waals surface area (Å²) >= 11 is 0. The zero-order valence-electron chi connectivity index (χ0n) is 11.5. The highest BCUT2D eigenvalue weighted by Gasteiger charge is 2.26. The summed E-state index contributed by atoms with van der Waals surface area (Å²) in [5.74, 6) is 2.01. The van der Waals surface area contributed by atoms with Crippen LogP contribution >= 0.6 is 0 Å². The van der Waals surface area contributed by atoms with Gasteiger partial charge in [-0.1, -0.05) is 5.92 Å². The van der Waals surface area contributed by atoms with Gasteiger partial charge in [-0.3, -0.25) is 4.79 Å². The number of urea groups is 1. The molecule has 0 aromatic heterocycles. The van der Waals surface area contributed by atoms with Crippen LogP contribution in [0.25, 0.3) is 0 Å². The van der Waals surface area contributed by atoms with Crippen molar-refractivity contribution in [1.82, 2.24) is 9.80 Å². The van der Waals surface area contributed by atoms with E-state index in [0.29, 0.717) is 32.0 Å². The second-order valence-corrected chi connectivity index (χ2v) is 4.89. The SMILES string of the molecule is C#CCN(CC)C(=O)N1CCCC(CCC(=O)O)C1. The van der Waals surface area contributed by atoms with Crippen molar-refractivity contribution in [2.45, 2.75) is 32.6 Å². The number of carboxylic acid groups (broad SMARTS) is 1. The van der Waals surface area contributed by atoms with Crippen LogP contribution in [0.15, 0.2) is 0 Å². The van der Waals surface area contributed by atoms with E-state index in [-0.39, 0.29) is 12.5 Å². The largest absolute Gasteiger partial charge is 0.481 e. The summed E-state index contributed by atoms with van der Waals surface area (Å²) in [4.78, 5) is 26.3. The van der Waals surface area contributed by atoms with Crippen LogP contribution in [0.1, 0.15) is 32.6 Å². The van der Waals surface area contributed by atoms with E-state index in [4.69, 9.17) is 11.5 Å². The molecule has 2 amide bonds. The maximum Gasteiger partial charge on any atom is 0.320 e. The molecule has 1 fully saturated rings. The van der Waals surface area contributed by atoms with Gasteiger partial charge in [0.2, 0.25) is 0 Å². The molecule has 106 valence electrons. The van der Waals surface area contributed by atoms with E-state index < -0.39 is 5.97 Å². The molecule has 1 saturated heterocycles. The molecular formula is C14H22N2O3. The minimum Gasteiger partial charge on any atom is -0.481 e. The quantitative estimate of drug-likeness (QED) is 0.769. The van der Waals surface area contributed by atoms with E-state index >= 15 is 0 Å². The Balaban J connectivity index is 2.51. The molecule has 5 nitrogen and oxygen atoms in total. The van der Waals surface area contributed by atoms with Crippen molar-refractivity contribution in [3.05, 3.63) is 0 Å². The number of amides is 2. The van der Waals surface area contributed by atoms with Crippen LogP contribution in [0.4, 0.5) is 4.79 Å². The summed E-state index contributed by atoms with van der Waals surface area (Å²) in [7, 11) is 0. The van der Waals surface area contributed by atoms with Crippen molar-refractivity contribution in [3.8, 4) is 12.3 Å². The first kappa shape index (κ1) is 15.4. The molecule has 1 atom stereocenters. The summed E-state index contributed by atoms with van der Waals surface area (Å²) in [5, 5.41) is 8.70. The number of nitrogens with zero attached hydrogens (tertiary/aromatic N) is 2. The minimum atomic E-state index is -0.772. The van der Waals surface area contributed by atoms with Gasteiger partial charge in [0.05, 0.1) is 6.54 Å². The van der Waals surface area contributed by atoms with Gasteiger partial charge in [0.25, 0.3) is 0 Å². The van der Waals surface area contributed by atoms with Gasteiger partial charge in [-0.25, -0.2) is 4.79 Å². The average molecular weight is 266 g/mol. The summed E-state index contributed by atoms with van der Waals surface area (Å²) in [5.41, 5.74) is 0. The summed E-state index contributed by atoms with van der Waals surface area (Å²) in [6.45, 7) is 4.21. The van der Waals surface area contributed by atoms with Crippen LogP contribution in [0.3, 0.4) is 0 Å². The molecule has 0 radical (unpaired) electrons. The molecule has 5 heteroatoms. The van der Waals surface area contributed by atoms with Gasteiger partial charge in [-0.2, -0.15) is 0 Å². The van der Waals surface area contributed by atoms with Crippen LogP contribution in [0, 0.1) is 18.3 Å². The molecular weight excluding hydrogens is 244 g/mol. The first-order valence-corrected chi connectivity index (χ1v) is 6.77. The molecule has 0 aromatic carbocycles. The van der Waals surface area contributed by atoms with E-state index in [1.807, 2.05) is 6.92 Å². The molecule has 1 aliphatic rings. The smallest absolute Gasteiger partial charge is 0.320 e. The van der Waals surface area contributed by atoms with E-state index in [0.717, 1.165) is 19.4 Å². The Hall–Kier alpha value is -1.70. The molecule has 1 heterocycles. The summed E-state index contributed by atoms with van der Waals surface area (Å²) < 4.78 is 0. The van der Waals surface area contributed by atoms with Gasteiger partial charge in [0.1, 0.15) is 0 Å². The van der Waals surface area contributed by atoms with Crippen molar-refractivity contribution in [1.29, 1.82) is 0 Å². The molecule has 0 saturated carbocycles. The number of hydrogen-bond donors (Lipinski definition) is 1. The lowest BCUT2D eigenvalue weighted by atomic mass is 9.93. The number of rotatable bonds is 5. The highest BCUT2D eigenvalue weighted by Crippen LogP contribution is 2.21. The zero-order chi connectivity index (χ0) is 14.3. The Morgan fingerprint density at radius 3 is 2.84 bits per heavy atom. The lowest BCUT2D eigenvalue weighted by Crippen LogP contribution is -2.47. The molecule has 1 rings (SSSR count). The molecule has 1 N–H and O–H groups in total. The van der Waals surface area contributed by atoms with Gasteiger partial charge in [0.15, 0.2) is 0 Å². The molecule has 0 aliphatic carbocycles. The van der Waals surface area contributed by atoms with Crippen molar-refractivity contribution in [2.24, 2.45) is 5.92 Å². The third kappa shape index (κ3) is 4.82. The fraction of sp³-hybridized carbons (Fsp3) is 0.714. The van der Waals surface area contributed by atoms with Crippen LogP contribution in [0.5, 0.6) is 0 Å².